The average molecular weight is 214 g/mol. The Morgan fingerprint density at radius 1 is 1.62 bits per heavy atom. The highest BCUT2D eigenvalue weighted by Crippen LogP contribution is 2.28. The number of aromatic nitrogens is 1. The summed E-state index contributed by atoms with van der Waals surface area (Å²) in [5, 5.41) is 0.974. The van der Waals surface area contributed by atoms with Gasteiger partial charge in [0.05, 0.1) is 17.7 Å². The summed E-state index contributed by atoms with van der Waals surface area (Å²) in [5.74, 6) is 1.42. The molecule has 13 heavy (non-hydrogen) atoms. The lowest BCUT2D eigenvalue weighted by atomic mass is 10.3. The smallest absolute Gasteiger partial charge is 0.127 e. The molecule has 0 radical (unpaired) electrons. The first-order valence-corrected chi connectivity index (χ1v) is 5.21. The highest BCUT2D eigenvalue weighted by atomic mass is 35.5. The second kappa shape index (κ2) is 3.52. The molecule has 68 valence electrons. The molecule has 2 rings (SSSR count). The van der Waals surface area contributed by atoms with E-state index in [4.69, 9.17) is 16.0 Å². The largest absolute Gasteiger partial charge is 0.469 e. The fourth-order valence-corrected chi connectivity index (χ4v) is 2.17. The number of hydrogen-bond donors (Lipinski definition) is 0. The quantitative estimate of drug-likeness (QED) is 0.715. The first-order valence-electron chi connectivity index (χ1n) is 3.86. The minimum Gasteiger partial charge on any atom is -0.469 e. The summed E-state index contributed by atoms with van der Waals surface area (Å²) in [6.07, 6.45) is 3.48. The maximum atomic E-state index is 5.69. The third-order valence-corrected chi connectivity index (χ3v) is 3.25. The van der Waals surface area contributed by atoms with Gasteiger partial charge in [-0.1, -0.05) is 0 Å². The van der Waals surface area contributed by atoms with Gasteiger partial charge in [-0.15, -0.1) is 22.9 Å². The van der Waals surface area contributed by atoms with E-state index >= 15 is 0 Å². The lowest BCUT2D eigenvalue weighted by molar-refractivity contribution is 0.535. The minimum absolute atomic E-state index is 0.522. The van der Waals surface area contributed by atoms with Gasteiger partial charge in [-0.2, -0.15) is 0 Å². The fraction of sp³-hybridized carbons (Fsp3) is 0.222. The van der Waals surface area contributed by atoms with Gasteiger partial charge < -0.3 is 4.42 Å². The highest BCUT2D eigenvalue weighted by molar-refractivity contribution is 7.15. The van der Waals surface area contributed by atoms with E-state index in [1.54, 1.807) is 23.8 Å². The van der Waals surface area contributed by atoms with Crippen molar-refractivity contribution in [2.75, 3.05) is 0 Å². The van der Waals surface area contributed by atoms with Crippen LogP contribution in [0.15, 0.2) is 22.9 Å². The van der Waals surface area contributed by atoms with Crippen molar-refractivity contribution in [1.82, 2.24) is 4.98 Å². The van der Waals surface area contributed by atoms with Crippen LogP contribution in [0.25, 0.3) is 10.6 Å². The Hall–Kier alpha value is -0.800. The Morgan fingerprint density at radius 3 is 3.00 bits per heavy atom. The van der Waals surface area contributed by atoms with Crippen LogP contribution < -0.4 is 0 Å². The Bertz CT molecular complexity index is 407. The Balaban J connectivity index is 2.41. The molecule has 0 spiro atoms. The third kappa shape index (κ3) is 1.62. The standard InChI is InChI=1S/C9H8ClNOS/c1-6-8(2-3-12-6)9-11-5-7(4-10)13-9/h2-3,5H,4H2,1H3. The van der Waals surface area contributed by atoms with E-state index in [-0.39, 0.29) is 0 Å². The topological polar surface area (TPSA) is 26.0 Å². The van der Waals surface area contributed by atoms with Crippen LogP contribution in [0.4, 0.5) is 0 Å². The van der Waals surface area contributed by atoms with Crippen molar-refractivity contribution in [3.8, 4) is 10.6 Å². The molecule has 0 amide bonds. The molecule has 0 N–H and O–H groups in total. The number of furan rings is 1. The van der Waals surface area contributed by atoms with Crippen molar-refractivity contribution in [3.63, 3.8) is 0 Å². The number of nitrogens with zero attached hydrogens (tertiary/aromatic N) is 1. The van der Waals surface area contributed by atoms with Crippen molar-refractivity contribution in [3.05, 3.63) is 29.2 Å². The first-order chi connectivity index (χ1) is 6.31. The fourth-order valence-electron chi connectivity index (χ4n) is 1.10. The summed E-state index contributed by atoms with van der Waals surface area (Å²) in [5.41, 5.74) is 1.06. The van der Waals surface area contributed by atoms with Gasteiger partial charge in [0.15, 0.2) is 0 Å². The summed E-state index contributed by atoms with van der Waals surface area (Å²) in [7, 11) is 0. The van der Waals surface area contributed by atoms with Gasteiger partial charge in [-0.05, 0) is 13.0 Å². The van der Waals surface area contributed by atoms with E-state index in [2.05, 4.69) is 4.98 Å². The van der Waals surface area contributed by atoms with Crippen LogP contribution in [0.2, 0.25) is 0 Å². The molecular weight excluding hydrogens is 206 g/mol. The van der Waals surface area contributed by atoms with Gasteiger partial charge in [0.25, 0.3) is 0 Å². The van der Waals surface area contributed by atoms with Crippen LogP contribution in [-0.4, -0.2) is 4.98 Å². The molecule has 0 aromatic carbocycles. The second-order valence-electron chi connectivity index (χ2n) is 2.66. The second-order valence-corrected chi connectivity index (χ2v) is 4.04. The number of rotatable bonds is 2. The monoisotopic (exact) mass is 213 g/mol. The molecular formula is C9H8ClNOS. The van der Waals surface area contributed by atoms with E-state index in [9.17, 15) is 0 Å². The zero-order valence-corrected chi connectivity index (χ0v) is 8.65. The minimum atomic E-state index is 0.522. The van der Waals surface area contributed by atoms with Gasteiger partial charge in [0.2, 0.25) is 0 Å². The van der Waals surface area contributed by atoms with Crippen LogP contribution in [0.1, 0.15) is 10.6 Å². The lowest BCUT2D eigenvalue weighted by Crippen LogP contribution is -1.72. The van der Waals surface area contributed by atoms with Crippen LogP contribution in [0, 0.1) is 6.92 Å². The van der Waals surface area contributed by atoms with Gasteiger partial charge in [-0.25, -0.2) is 4.98 Å². The van der Waals surface area contributed by atoms with Crippen LogP contribution >= 0.6 is 22.9 Å². The molecule has 4 heteroatoms. The molecule has 0 atom stereocenters. The molecule has 0 saturated carbocycles. The summed E-state index contributed by atoms with van der Waals surface area (Å²) in [6, 6.07) is 1.92. The lowest BCUT2D eigenvalue weighted by Gasteiger charge is -1.89. The van der Waals surface area contributed by atoms with Crippen molar-refractivity contribution < 1.29 is 4.42 Å². The molecule has 0 saturated heterocycles. The molecule has 2 nitrogen and oxygen atoms in total. The zero-order chi connectivity index (χ0) is 9.26. The molecule has 0 aliphatic heterocycles. The molecule has 0 fully saturated rings. The number of thiazole rings is 1. The van der Waals surface area contributed by atoms with Gasteiger partial charge in [0, 0.05) is 11.1 Å². The molecule has 2 aromatic rings. The average Bonchev–Trinajstić information content (AvgIpc) is 2.71. The first kappa shape index (κ1) is 8.78. The van der Waals surface area contributed by atoms with Crippen molar-refractivity contribution in [2.45, 2.75) is 12.8 Å². The number of alkyl halides is 1. The molecule has 0 aliphatic rings. The molecule has 2 heterocycles. The Kier molecular flexibility index (Phi) is 2.38. The van der Waals surface area contributed by atoms with Crippen LogP contribution in [-0.2, 0) is 5.88 Å². The SMILES string of the molecule is Cc1occc1-c1ncc(CCl)s1. The zero-order valence-electron chi connectivity index (χ0n) is 7.08. The van der Waals surface area contributed by atoms with Gasteiger partial charge in [-0.3, -0.25) is 0 Å². The highest BCUT2D eigenvalue weighted by Gasteiger charge is 2.08. The predicted octanol–water partition coefficient (Wildman–Crippen LogP) is 3.45. The molecule has 2 aromatic heterocycles. The van der Waals surface area contributed by atoms with E-state index in [1.165, 1.54) is 0 Å². The van der Waals surface area contributed by atoms with E-state index in [1.807, 2.05) is 13.0 Å². The summed E-state index contributed by atoms with van der Waals surface area (Å²) >= 11 is 7.29. The number of aryl methyl sites for hydroxylation is 1. The normalized spacial score (nSPS) is 10.6. The third-order valence-electron chi connectivity index (χ3n) is 1.77. The van der Waals surface area contributed by atoms with Crippen molar-refractivity contribution in [1.29, 1.82) is 0 Å². The van der Waals surface area contributed by atoms with E-state index < -0.39 is 0 Å². The Morgan fingerprint density at radius 2 is 2.46 bits per heavy atom. The van der Waals surface area contributed by atoms with Gasteiger partial charge in [0.1, 0.15) is 10.8 Å². The summed E-state index contributed by atoms with van der Waals surface area (Å²) in [6.45, 7) is 1.93. The van der Waals surface area contributed by atoms with Crippen molar-refractivity contribution >= 4 is 22.9 Å². The number of hydrogen-bond acceptors (Lipinski definition) is 3. The summed E-state index contributed by atoms with van der Waals surface area (Å²) in [4.78, 5) is 5.35. The van der Waals surface area contributed by atoms with Crippen molar-refractivity contribution in [2.24, 2.45) is 0 Å². The van der Waals surface area contributed by atoms with Crippen LogP contribution in [0.3, 0.4) is 0 Å². The van der Waals surface area contributed by atoms with E-state index in [0.717, 1.165) is 21.2 Å². The maximum Gasteiger partial charge on any atom is 0.127 e. The molecule has 0 unspecified atom stereocenters. The summed E-state index contributed by atoms with van der Waals surface area (Å²) < 4.78 is 5.20. The van der Waals surface area contributed by atoms with E-state index in [0.29, 0.717) is 5.88 Å². The van der Waals surface area contributed by atoms with Gasteiger partial charge >= 0.3 is 0 Å². The molecule has 0 bridgehead atoms. The molecule has 0 aliphatic carbocycles. The predicted molar refractivity (Wildman–Crippen MR) is 54.1 cm³/mol. The maximum absolute atomic E-state index is 5.69. The Labute approximate surface area is 85.2 Å². The van der Waals surface area contributed by atoms with Crippen LogP contribution in [0.5, 0.6) is 0 Å². The number of halogens is 1.